The van der Waals surface area contributed by atoms with Gasteiger partial charge in [0, 0.05) is 16.6 Å². The molecule has 4 heteroatoms. The molecule has 0 saturated heterocycles. The Labute approximate surface area is 124 Å². The lowest BCUT2D eigenvalue weighted by Crippen LogP contribution is -2.11. The standard InChI is InChI=1S/C16H22N2OS/c1-10(2)8-11-9-14(19)18-15(17-11)12-6-7-13(20-12)16(3,4)5/h6-7,9-10H,8H2,1-5H3,(H,17,18,19). The van der Waals surface area contributed by atoms with Gasteiger partial charge in [-0.3, -0.25) is 4.79 Å². The minimum absolute atomic E-state index is 0.0728. The van der Waals surface area contributed by atoms with Gasteiger partial charge in [0.15, 0.2) is 0 Å². The lowest BCUT2D eigenvalue weighted by atomic mass is 9.95. The predicted octanol–water partition coefficient (Wildman–Crippen LogP) is 3.99. The number of thiophene rings is 1. The quantitative estimate of drug-likeness (QED) is 0.929. The topological polar surface area (TPSA) is 45.8 Å². The second-order valence-corrected chi connectivity index (χ2v) is 7.68. The number of nitrogens with zero attached hydrogens (tertiary/aromatic N) is 1. The first-order valence-corrected chi connectivity index (χ1v) is 7.78. The van der Waals surface area contributed by atoms with Crippen molar-refractivity contribution in [1.29, 1.82) is 0 Å². The van der Waals surface area contributed by atoms with Crippen LogP contribution in [0.25, 0.3) is 10.7 Å². The van der Waals surface area contributed by atoms with E-state index < -0.39 is 0 Å². The maximum Gasteiger partial charge on any atom is 0.251 e. The molecule has 0 atom stereocenters. The molecular weight excluding hydrogens is 268 g/mol. The number of nitrogens with one attached hydrogen (secondary N) is 1. The van der Waals surface area contributed by atoms with Crippen LogP contribution in [0.1, 0.15) is 45.2 Å². The first-order valence-electron chi connectivity index (χ1n) is 6.96. The normalized spacial score (nSPS) is 12.1. The van der Waals surface area contributed by atoms with E-state index in [4.69, 9.17) is 0 Å². The minimum atomic E-state index is -0.0728. The Balaban J connectivity index is 2.40. The Morgan fingerprint density at radius 1 is 1.30 bits per heavy atom. The number of rotatable bonds is 3. The van der Waals surface area contributed by atoms with Gasteiger partial charge in [-0.25, -0.2) is 4.98 Å². The van der Waals surface area contributed by atoms with Gasteiger partial charge < -0.3 is 4.98 Å². The molecule has 0 aromatic carbocycles. The van der Waals surface area contributed by atoms with Gasteiger partial charge in [0.2, 0.25) is 0 Å². The fourth-order valence-corrected chi connectivity index (χ4v) is 3.02. The van der Waals surface area contributed by atoms with Crippen LogP contribution in [-0.2, 0) is 11.8 Å². The van der Waals surface area contributed by atoms with E-state index in [1.807, 2.05) is 6.07 Å². The molecule has 0 bridgehead atoms. The molecule has 0 saturated carbocycles. The summed E-state index contributed by atoms with van der Waals surface area (Å²) in [6.45, 7) is 10.8. The molecule has 2 aromatic heterocycles. The molecule has 0 amide bonds. The first kappa shape index (κ1) is 15.0. The van der Waals surface area contributed by atoms with E-state index in [1.54, 1.807) is 17.4 Å². The highest BCUT2D eigenvalue weighted by atomic mass is 32.1. The van der Waals surface area contributed by atoms with E-state index in [-0.39, 0.29) is 11.0 Å². The van der Waals surface area contributed by atoms with Gasteiger partial charge in [-0.1, -0.05) is 34.6 Å². The molecule has 3 nitrogen and oxygen atoms in total. The van der Waals surface area contributed by atoms with Crippen LogP contribution in [0.4, 0.5) is 0 Å². The summed E-state index contributed by atoms with van der Waals surface area (Å²) in [4.78, 5) is 21.5. The van der Waals surface area contributed by atoms with Crippen molar-refractivity contribution in [3.8, 4) is 10.7 Å². The summed E-state index contributed by atoms with van der Waals surface area (Å²) in [5.74, 6) is 1.18. The van der Waals surface area contributed by atoms with Crippen LogP contribution >= 0.6 is 11.3 Å². The zero-order chi connectivity index (χ0) is 14.9. The van der Waals surface area contributed by atoms with Gasteiger partial charge in [-0.2, -0.15) is 0 Å². The largest absolute Gasteiger partial charge is 0.306 e. The van der Waals surface area contributed by atoms with Crippen molar-refractivity contribution in [2.24, 2.45) is 5.92 Å². The molecule has 0 unspecified atom stereocenters. The third kappa shape index (κ3) is 3.57. The summed E-state index contributed by atoms with van der Waals surface area (Å²) in [6, 6.07) is 5.76. The lowest BCUT2D eigenvalue weighted by Gasteiger charge is -2.15. The van der Waals surface area contributed by atoms with E-state index in [1.165, 1.54) is 4.88 Å². The Hall–Kier alpha value is -1.42. The smallest absolute Gasteiger partial charge is 0.251 e. The molecule has 0 fully saturated rings. The number of H-pyrrole nitrogens is 1. The summed E-state index contributed by atoms with van der Waals surface area (Å²) in [5, 5.41) is 0. The monoisotopic (exact) mass is 290 g/mol. The van der Waals surface area contributed by atoms with Gasteiger partial charge in [-0.15, -0.1) is 11.3 Å². The van der Waals surface area contributed by atoms with E-state index in [0.29, 0.717) is 11.7 Å². The molecule has 2 heterocycles. The molecule has 108 valence electrons. The van der Waals surface area contributed by atoms with Crippen molar-refractivity contribution in [3.05, 3.63) is 39.1 Å². The number of aromatic amines is 1. The van der Waals surface area contributed by atoms with Gasteiger partial charge in [0.05, 0.1) is 4.88 Å². The molecule has 0 spiro atoms. The fourth-order valence-electron chi connectivity index (χ4n) is 2.02. The van der Waals surface area contributed by atoms with Crippen molar-refractivity contribution in [1.82, 2.24) is 9.97 Å². The zero-order valence-corrected chi connectivity index (χ0v) is 13.6. The third-order valence-electron chi connectivity index (χ3n) is 2.99. The maximum atomic E-state index is 11.8. The van der Waals surface area contributed by atoms with Gasteiger partial charge in [-0.05, 0) is 29.9 Å². The maximum absolute atomic E-state index is 11.8. The Bertz CT molecular complexity index is 647. The van der Waals surface area contributed by atoms with Crippen molar-refractivity contribution in [2.75, 3.05) is 0 Å². The van der Waals surface area contributed by atoms with Crippen LogP contribution in [0, 0.1) is 5.92 Å². The van der Waals surface area contributed by atoms with Crippen LogP contribution < -0.4 is 5.56 Å². The number of hydrogen-bond acceptors (Lipinski definition) is 3. The first-order chi connectivity index (χ1) is 9.25. The van der Waals surface area contributed by atoms with Crippen LogP contribution in [0.5, 0.6) is 0 Å². The molecule has 20 heavy (non-hydrogen) atoms. The Morgan fingerprint density at radius 3 is 2.55 bits per heavy atom. The number of hydrogen-bond donors (Lipinski definition) is 1. The second kappa shape index (κ2) is 5.52. The van der Waals surface area contributed by atoms with E-state index in [0.717, 1.165) is 17.0 Å². The highest BCUT2D eigenvalue weighted by Crippen LogP contribution is 2.33. The second-order valence-electron chi connectivity index (χ2n) is 6.60. The summed E-state index contributed by atoms with van der Waals surface area (Å²) >= 11 is 1.70. The molecule has 0 aliphatic carbocycles. The summed E-state index contributed by atoms with van der Waals surface area (Å²) in [6.07, 6.45) is 0.828. The van der Waals surface area contributed by atoms with Gasteiger partial charge in [0.25, 0.3) is 5.56 Å². The molecule has 2 rings (SSSR count). The van der Waals surface area contributed by atoms with Crippen molar-refractivity contribution in [3.63, 3.8) is 0 Å². The molecule has 1 N–H and O–H groups in total. The van der Waals surface area contributed by atoms with Crippen LogP contribution in [-0.4, -0.2) is 9.97 Å². The summed E-state index contributed by atoms with van der Waals surface area (Å²) in [7, 11) is 0. The van der Waals surface area contributed by atoms with E-state index >= 15 is 0 Å². The number of aromatic nitrogens is 2. The Kier molecular flexibility index (Phi) is 4.14. The minimum Gasteiger partial charge on any atom is -0.306 e. The molecule has 0 radical (unpaired) electrons. The van der Waals surface area contributed by atoms with Crippen LogP contribution in [0.3, 0.4) is 0 Å². The molecule has 0 aliphatic rings. The molecule has 2 aromatic rings. The van der Waals surface area contributed by atoms with Crippen molar-refractivity contribution >= 4 is 11.3 Å². The highest BCUT2D eigenvalue weighted by molar-refractivity contribution is 7.15. The van der Waals surface area contributed by atoms with Crippen LogP contribution in [0.2, 0.25) is 0 Å². The third-order valence-corrected chi connectivity index (χ3v) is 4.51. The highest BCUT2D eigenvalue weighted by Gasteiger charge is 2.17. The van der Waals surface area contributed by atoms with Crippen molar-refractivity contribution < 1.29 is 0 Å². The Morgan fingerprint density at radius 2 is 2.00 bits per heavy atom. The SMILES string of the molecule is CC(C)Cc1cc(=O)[nH]c(-c2ccc(C(C)(C)C)s2)n1. The lowest BCUT2D eigenvalue weighted by molar-refractivity contribution is 0.604. The molecule has 0 aliphatic heterocycles. The summed E-state index contributed by atoms with van der Waals surface area (Å²) < 4.78 is 0. The molecular formula is C16H22N2OS. The average molecular weight is 290 g/mol. The fraction of sp³-hybridized carbons (Fsp3) is 0.500. The van der Waals surface area contributed by atoms with Crippen LogP contribution in [0.15, 0.2) is 23.0 Å². The van der Waals surface area contributed by atoms with Gasteiger partial charge in [0.1, 0.15) is 5.82 Å². The average Bonchev–Trinajstić information content (AvgIpc) is 2.75. The van der Waals surface area contributed by atoms with Gasteiger partial charge >= 0.3 is 0 Å². The van der Waals surface area contributed by atoms with Crippen molar-refractivity contribution in [2.45, 2.75) is 46.5 Å². The summed E-state index contributed by atoms with van der Waals surface area (Å²) in [5.41, 5.74) is 0.916. The predicted molar refractivity (Wildman–Crippen MR) is 85.4 cm³/mol. The van der Waals surface area contributed by atoms with E-state index in [2.05, 4.69) is 50.7 Å². The van der Waals surface area contributed by atoms with E-state index in [9.17, 15) is 4.79 Å². The zero-order valence-electron chi connectivity index (χ0n) is 12.8.